The lowest BCUT2D eigenvalue weighted by molar-refractivity contribution is -0.386. The number of carbonyl (C=O) groups excluding carboxylic acids is 1. The molecule has 0 aromatic carbocycles. The van der Waals surface area contributed by atoms with Crippen molar-refractivity contribution in [2.24, 2.45) is 0 Å². The van der Waals surface area contributed by atoms with Crippen LogP contribution in [0.15, 0.2) is 34.9 Å². The number of aromatic nitrogens is 4. The van der Waals surface area contributed by atoms with Crippen LogP contribution in [-0.2, 0) is 13.1 Å². The molecule has 0 aliphatic carbocycles. The lowest BCUT2D eigenvalue weighted by atomic mass is 10.2. The molecule has 0 aliphatic heterocycles. The smallest absolute Gasteiger partial charge is 0.312 e. The van der Waals surface area contributed by atoms with Crippen molar-refractivity contribution in [1.29, 1.82) is 0 Å². The van der Waals surface area contributed by atoms with E-state index >= 15 is 0 Å². The third kappa shape index (κ3) is 3.71. The molecule has 0 radical (unpaired) electrons. The van der Waals surface area contributed by atoms with E-state index in [-0.39, 0.29) is 18.0 Å². The van der Waals surface area contributed by atoms with Gasteiger partial charge in [-0.25, -0.2) is 0 Å². The Bertz CT molecular complexity index is 1020. The van der Waals surface area contributed by atoms with E-state index in [1.54, 1.807) is 49.0 Å². The molecule has 0 aliphatic rings. The standard InChI is InChI=1S/C18H19N5O4/c1-4-21-16(9-10-19-21)17(24)8-7-14-5-6-15(27-14)11-22-13(3)18(23(25)26)12(2)20-22/h5-10H,4,11H2,1-3H3/b8-7+. The Kier molecular flexibility index (Phi) is 5.02. The number of hydrogen-bond donors (Lipinski definition) is 0. The Balaban J connectivity index is 1.73. The van der Waals surface area contributed by atoms with E-state index in [1.165, 1.54) is 10.8 Å². The van der Waals surface area contributed by atoms with Gasteiger partial charge in [-0.3, -0.25) is 24.3 Å². The summed E-state index contributed by atoms with van der Waals surface area (Å²) in [6, 6.07) is 5.15. The number of carbonyl (C=O) groups is 1. The van der Waals surface area contributed by atoms with Gasteiger partial charge in [0, 0.05) is 12.7 Å². The van der Waals surface area contributed by atoms with Gasteiger partial charge in [-0.1, -0.05) is 0 Å². The lowest BCUT2D eigenvalue weighted by Crippen LogP contribution is -2.07. The van der Waals surface area contributed by atoms with Gasteiger partial charge < -0.3 is 4.42 Å². The van der Waals surface area contributed by atoms with Crippen molar-refractivity contribution in [2.45, 2.75) is 33.9 Å². The largest absolute Gasteiger partial charge is 0.460 e. The first kappa shape index (κ1) is 18.3. The van der Waals surface area contributed by atoms with Gasteiger partial charge in [0.05, 0.1) is 11.5 Å². The molecule has 0 bridgehead atoms. The van der Waals surface area contributed by atoms with Crippen LogP contribution >= 0.6 is 0 Å². The third-order valence-corrected chi connectivity index (χ3v) is 4.18. The van der Waals surface area contributed by atoms with E-state index in [4.69, 9.17) is 4.42 Å². The average molecular weight is 369 g/mol. The van der Waals surface area contributed by atoms with Gasteiger partial charge in [0.1, 0.15) is 28.6 Å². The maximum Gasteiger partial charge on any atom is 0.312 e. The fourth-order valence-electron chi connectivity index (χ4n) is 2.86. The molecule has 0 saturated heterocycles. The normalized spacial score (nSPS) is 11.4. The maximum atomic E-state index is 12.2. The van der Waals surface area contributed by atoms with Gasteiger partial charge in [0.25, 0.3) is 0 Å². The molecule has 3 rings (SSSR count). The Morgan fingerprint density at radius 3 is 2.74 bits per heavy atom. The van der Waals surface area contributed by atoms with Crippen LogP contribution < -0.4 is 0 Å². The number of aryl methyl sites for hydroxylation is 2. The minimum absolute atomic E-state index is 0.0137. The van der Waals surface area contributed by atoms with Gasteiger partial charge in [-0.15, -0.1) is 0 Å². The monoisotopic (exact) mass is 369 g/mol. The van der Waals surface area contributed by atoms with Gasteiger partial charge >= 0.3 is 5.69 Å². The van der Waals surface area contributed by atoms with E-state index in [0.29, 0.717) is 35.1 Å². The van der Waals surface area contributed by atoms with E-state index in [1.807, 2.05) is 6.92 Å². The fraction of sp³-hybridized carbons (Fsp3) is 0.278. The molecule has 0 N–H and O–H groups in total. The molecule has 3 aromatic rings. The number of hydrogen-bond acceptors (Lipinski definition) is 6. The third-order valence-electron chi connectivity index (χ3n) is 4.18. The molecule has 0 spiro atoms. The van der Waals surface area contributed by atoms with Crippen molar-refractivity contribution in [1.82, 2.24) is 19.6 Å². The zero-order valence-electron chi connectivity index (χ0n) is 15.2. The van der Waals surface area contributed by atoms with Gasteiger partial charge in [0.2, 0.25) is 5.78 Å². The van der Waals surface area contributed by atoms with Gasteiger partial charge in [-0.2, -0.15) is 10.2 Å². The molecule has 0 saturated carbocycles. The van der Waals surface area contributed by atoms with Crippen molar-refractivity contribution in [3.8, 4) is 0 Å². The van der Waals surface area contributed by atoms with Gasteiger partial charge in [-0.05, 0) is 51.1 Å². The molecule has 9 heteroatoms. The predicted octanol–water partition coefficient (Wildman–Crippen LogP) is 3.16. The highest BCUT2D eigenvalue weighted by Gasteiger charge is 2.22. The summed E-state index contributed by atoms with van der Waals surface area (Å²) in [4.78, 5) is 22.9. The van der Waals surface area contributed by atoms with Crippen LogP contribution in [0.1, 0.15) is 40.3 Å². The Morgan fingerprint density at radius 2 is 2.07 bits per heavy atom. The van der Waals surface area contributed by atoms with Crippen LogP contribution in [0.2, 0.25) is 0 Å². The van der Waals surface area contributed by atoms with Crippen molar-refractivity contribution >= 4 is 17.5 Å². The van der Waals surface area contributed by atoms with Crippen molar-refractivity contribution < 1.29 is 14.1 Å². The fourth-order valence-corrected chi connectivity index (χ4v) is 2.86. The minimum atomic E-state index is -0.433. The van der Waals surface area contributed by atoms with Crippen molar-refractivity contribution in [2.75, 3.05) is 0 Å². The molecular weight excluding hydrogens is 350 g/mol. The highest BCUT2D eigenvalue weighted by Crippen LogP contribution is 2.23. The highest BCUT2D eigenvalue weighted by molar-refractivity contribution is 6.05. The first-order valence-corrected chi connectivity index (χ1v) is 8.42. The number of furan rings is 1. The first-order valence-electron chi connectivity index (χ1n) is 8.42. The van der Waals surface area contributed by atoms with Crippen LogP contribution in [0.25, 0.3) is 6.08 Å². The van der Waals surface area contributed by atoms with Crippen molar-refractivity contribution in [3.63, 3.8) is 0 Å². The van der Waals surface area contributed by atoms with Crippen LogP contribution in [0.5, 0.6) is 0 Å². The van der Waals surface area contributed by atoms with E-state index < -0.39 is 4.92 Å². The second kappa shape index (κ2) is 7.40. The molecule has 0 atom stereocenters. The van der Waals surface area contributed by atoms with E-state index in [2.05, 4.69) is 10.2 Å². The van der Waals surface area contributed by atoms with E-state index in [0.717, 1.165) is 0 Å². The zero-order chi connectivity index (χ0) is 19.6. The summed E-state index contributed by atoms with van der Waals surface area (Å²) in [7, 11) is 0. The summed E-state index contributed by atoms with van der Waals surface area (Å²) < 4.78 is 8.84. The summed E-state index contributed by atoms with van der Waals surface area (Å²) in [5.74, 6) is 0.930. The summed E-state index contributed by atoms with van der Waals surface area (Å²) in [6.07, 6.45) is 4.60. The van der Waals surface area contributed by atoms with Crippen molar-refractivity contribution in [3.05, 3.63) is 69.2 Å². The number of ketones is 1. The summed E-state index contributed by atoms with van der Waals surface area (Å²) in [6.45, 7) is 6.05. The Hall–Kier alpha value is -3.49. The number of rotatable bonds is 7. The Labute approximate surface area is 155 Å². The summed E-state index contributed by atoms with van der Waals surface area (Å²) in [5.41, 5.74) is 1.35. The van der Waals surface area contributed by atoms with Crippen LogP contribution in [0.4, 0.5) is 5.69 Å². The summed E-state index contributed by atoms with van der Waals surface area (Å²) in [5, 5.41) is 19.4. The molecule has 27 heavy (non-hydrogen) atoms. The second-order valence-corrected chi connectivity index (χ2v) is 5.97. The van der Waals surface area contributed by atoms with Gasteiger partial charge in [0.15, 0.2) is 0 Å². The zero-order valence-corrected chi connectivity index (χ0v) is 15.2. The maximum absolute atomic E-state index is 12.2. The quantitative estimate of drug-likeness (QED) is 0.274. The highest BCUT2D eigenvalue weighted by atomic mass is 16.6. The van der Waals surface area contributed by atoms with Crippen LogP contribution in [0, 0.1) is 24.0 Å². The molecule has 140 valence electrons. The van der Waals surface area contributed by atoms with Crippen LogP contribution in [-0.4, -0.2) is 30.3 Å². The molecule has 0 unspecified atom stereocenters. The Morgan fingerprint density at radius 1 is 1.30 bits per heavy atom. The molecule has 0 fully saturated rings. The first-order chi connectivity index (χ1) is 12.9. The molecule has 3 aromatic heterocycles. The number of nitro groups is 1. The minimum Gasteiger partial charge on any atom is -0.460 e. The summed E-state index contributed by atoms with van der Waals surface area (Å²) >= 11 is 0. The van der Waals surface area contributed by atoms with E-state index in [9.17, 15) is 14.9 Å². The molecule has 0 amide bonds. The second-order valence-electron chi connectivity index (χ2n) is 5.97. The average Bonchev–Trinajstić information content (AvgIpc) is 3.33. The number of allylic oxidation sites excluding steroid dienone is 1. The predicted molar refractivity (Wildman–Crippen MR) is 97.4 cm³/mol. The topological polar surface area (TPSA) is 109 Å². The lowest BCUT2D eigenvalue weighted by Gasteiger charge is -2.00. The molecule has 9 nitrogen and oxygen atoms in total. The number of nitrogens with zero attached hydrogens (tertiary/aromatic N) is 5. The SMILES string of the molecule is CCn1nccc1C(=O)/C=C/c1ccc(Cn2nc(C)c([N+](=O)[O-])c2C)o1. The molecular formula is C18H19N5O4. The van der Waals surface area contributed by atoms with Crippen LogP contribution in [0.3, 0.4) is 0 Å². The molecule has 3 heterocycles.